The molecule has 2 heterocycles. The molecule has 1 aromatic heterocycles. The summed E-state index contributed by atoms with van der Waals surface area (Å²) in [6.45, 7) is 4.04. The molecule has 1 N–H and O–H groups in total. The van der Waals surface area contributed by atoms with Gasteiger partial charge in [0, 0.05) is 24.8 Å². The second kappa shape index (κ2) is 3.72. The summed E-state index contributed by atoms with van der Waals surface area (Å²) in [6, 6.07) is 10.8. The van der Waals surface area contributed by atoms with Crippen LogP contribution in [0.25, 0.3) is 11.3 Å². The summed E-state index contributed by atoms with van der Waals surface area (Å²) < 4.78 is 0. The minimum atomic E-state index is 0.981. The number of nitrogens with one attached hydrogen (secondary N) is 1. The van der Waals surface area contributed by atoms with Gasteiger partial charge in [0.05, 0.1) is 5.69 Å². The van der Waals surface area contributed by atoms with Gasteiger partial charge in [0.1, 0.15) is 0 Å². The molecule has 1 aliphatic heterocycles. The molecule has 2 nitrogen and oxygen atoms in total. The molecule has 0 aliphatic carbocycles. The largest absolute Gasteiger partial charge is 0.309 e. The Morgan fingerprint density at radius 2 is 1.94 bits per heavy atom. The third-order valence-corrected chi connectivity index (χ3v) is 3.04. The molecule has 0 amide bonds. The van der Waals surface area contributed by atoms with Crippen molar-refractivity contribution in [2.24, 2.45) is 0 Å². The quantitative estimate of drug-likeness (QED) is 0.782. The van der Waals surface area contributed by atoms with E-state index in [2.05, 4.69) is 47.6 Å². The lowest BCUT2D eigenvalue weighted by atomic mass is 10.0. The predicted octanol–water partition coefficient (Wildman–Crippen LogP) is 2.66. The molecule has 1 aliphatic rings. The minimum Gasteiger partial charge on any atom is -0.309 e. The van der Waals surface area contributed by atoms with Gasteiger partial charge in [0.25, 0.3) is 0 Å². The van der Waals surface area contributed by atoms with Crippen LogP contribution in [0.3, 0.4) is 0 Å². The van der Waals surface area contributed by atoms with E-state index in [4.69, 9.17) is 0 Å². The first kappa shape index (κ1) is 9.55. The Morgan fingerprint density at radius 3 is 2.75 bits per heavy atom. The molecule has 0 saturated carbocycles. The zero-order chi connectivity index (χ0) is 11.0. The highest BCUT2D eigenvalue weighted by atomic mass is 14.9. The van der Waals surface area contributed by atoms with Crippen molar-refractivity contribution < 1.29 is 0 Å². The van der Waals surface area contributed by atoms with Gasteiger partial charge in [-0.1, -0.05) is 18.2 Å². The minimum absolute atomic E-state index is 0.981. The highest BCUT2D eigenvalue weighted by molar-refractivity contribution is 5.61. The van der Waals surface area contributed by atoms with E-state index in [0.29, 0.717) is 0 Å². The predicted molar refractivity (Wildman–Crippen MR) is 65.0 cm³/mol. The number of pyridine rings is 1. The fourth-order valence-corrected chi connectivity index (χ4v) is 2.09. The standard InChI is InChI=1S/C14H14N2/c1-10-2-5-14(16-7-10)11-3-4-12-8-15-9-13(12)6-11/h2-7,15H,8-9H2,1H3. The van der Waals surface area contributed by atoms with Gasteiger partial charge in [0.15, 0.2) is 0 Å². The van der Waals surface area contributed by atoms with Gasteiger partial charge in [-0.3, -0.25) is 4.98 Å². The van der Waals surface area contributed by atoms with Crippen LogP contribution < -0.4 is 5.32 Å². The van der Waals surface area contributed by atoms with Crippen molar-refractivity contribution in [3.63, 3.8) is 0 Å². The summed E-state index contributed by atoms with van der Waals surface area (Å²) in [4.78, 5) is 4.45. The summed E-state index contributed by atoms with van der Waals surface area (Å²) in [5, 5.41) is 3.36. The molecular formula is C14H14N2. The van der Waals surface area contributed by atoms with E-state index in [1.807, 2.05) is 6.20 Å². The number of fused-ring (bicyclic) bond motifs is 1. The number of hydrogen-bond donors (Lipinski definition) is 1. The third-order valence-electron chi connectivity index (χ3n) is 3.04. The van der Waals surface area contributed by atoms with E-state index in [0.717, 1.165) is 18.8 Å². The lowest BCUT2D eigenvalue weighted by Crippen LogP contribution is -1.99. The maximum Gasteiger partial charge on any atom is 0.0702 e. The van der Waals surface area contributed by atoms with Crippen LogP contribution in [0.5, 0.6) is 0 Å². The van der Waals surface area contributed by atoms with Gasteiger partial charge in [-0.15, -0.1) is 0 Å². The van der Waals surface area contributed by atoms with E-state index in [9.17, 15) is 0 Å². The summed E-state index contributed by atoms with van der Waals surface area (Å²) >= 11 is 0. The van der Waals surface area contributed by atoms with Crippen LogP contribution in [-0.4, -0.2) is 4.98 Å². The Bertz CT molecular complexity index is 515. The summed E-state index contributed by atoms with van der Waals surface area (Å²) in [5.74, 6) is 0. The average molecular weight is 210 g/mol. The second-order valence-electron chi connectivity index (χ2n) is 4.31. The zero-order valence-corrected chi connectivity index (χ0v) is 9.33. The molecule has 0 bridgehead atoms. The monoisotopic (exact) mass is 210 g/mol. The maximum atomic E-state index is 4.45. The van der Waals surface area contributed by atoms with Gasteiger partial charge in [-0.2, -0.15) is 0 Å². The van der Waals surface area contributed by atoms with Crippen molar-refractivity contribution in [2.75, 3.05) is 0 Å². The van der Waals surface area contributed by atoms with Crippen LogP contribution in [0.1, 0.15) is 16.7 Å². The molecule has 3 rings (SSSR count). The smallest absolute Gasteiger partial charge is 0.0702 e. The number of aromatic nitrogens is 1. The van der Waals surface area contributed by atoms with Crippen LogP contribution in [-0.2, 0) is 13.1 Å². The van der Waals surface area contributed by atoms with Crippen molar-refractivity contribution in [1.29, 1.82) is 0 Å². The van der Waals surface area contributed by atoms with Crippen molar-refractivity contribution in [2.45, 2.75) is 20.0 Å². The third kappa shape index (κ3) is 1.61. The van der Waals surface area contributed by atoms with Crippen LogP contribution in [0, 0.1) is 6.92 Å². The van der Waals surface area contributed by atoms with Crippen molar-refractivity contribution in [3.8, 4) is 11.3 Å². The number of rotatable bonds is 1. The van der Waals surface area contributed by atoms with E-state index >= 15 is 0 Å². The van der Waals surface area contributed by atoms with Crippen LogP contribution in [0.15, 0.2) is 36.5 Å². The lowest BCUT2D eigenvalue weighted by molar-refractivity contribution is 0.765. The van der Waals surface area contributed by atoms with E-state index in [-0.39, 0.29) is 0 Å². The molecule has 2 heteroatoms. The lowest BCUT2D eigenvalue weighted by Gasteiger charge is -2.04. The van der Waals surface area contributed by atoms with Gasteiger partial charge in [-0.05, 0) is 35.7 Å². The number of benzene rings is 1. The van der Waals surface area contributed by atoms with Gasteiger partial charge in [-0.25, -0.2) is 0 Å². The van der Waals surface area contributed by atoms with E-state index < -0.39 is 0 Å². The molecule has 0 saturated heterocycles. The summed E-state index contributed by atoms with van der Waals surface area (Å²) in [5.41, 5.74) is 6.28. The Hall–Kier alpha value is -1.67. The fraction of sp³-hybridized carbons (Fsp3) is 0.214. The summed E-state index contributed by atoms with van der Waals surface area (Å²) in [7, 11) is 0. The molecule has 16 heavy (non-hydrogen) atoms. The first-order valence-electron chi connectivity index (χ1n) is 5.58. The highest BCUT2D eigenvalue weighted by Crippen LogP contribution is 2.23. The Labute approximate surface area is 95.3 Å². The van der Waals surface area contributed by atoms with Crippen LogP contribution in [0.4, 0.5) is 0 Å². The second-order valence-corrected chi connectivity index (χ2v) is 4.31. The molecule has 0 spiro atoms. The molecular weight excluding hydrogens is 196 g/mol. The molecule has 0 unspecified atom stereocenters. The van der Waals surface area contributed by atoms with Gasteiger partial charge < -0.3 is 5.32 Å². The van der Waals surface area contributed by atoms with E-state index in [1.165, 1.54) is 22.3 Å². The van der Waals surface area contributed by atoms with Crippen molar-refractivity contribution >= 4 is 0 Å². The Balaban J connectivity index is 2.03. The van der Waals surface area contributed by atoms with Crippen LogP contribution >= 0.6 is 0 Å². The number of hydrogen-bond acceptors (Lipinski definition) is 2. The molecule has 0 fully saturated rings. The molecule has 1 aromatic carbocycles. The number of aryl methyl sites for hydroxylation is 1. The molecule has 80 valence electrons. The molecule has 0 radical (unpaired) electrons. The summed E-state index contributed by atoms with van der Waals surface area (Å²) in [6.07, 6.45) is 1.92. The van der Waals surface area contributed by atoms with Gasteiger partial charge >= 0.3 is 0 Å². The Morgan fingerprint density at radius 1 is 1.06 bits per heavy atom. The molecule has 0 atom stereocenters. The number of nitrogens with zero attached hydrogens (tertiary/aromatic N) is 1. The molecule has 2 aromatic rings. The first-order chi connectivity index (χ1) is 7.83. The normalized spacial score (nSPS) is 13.8. The fourth-order valence-electron chi connectivity index (χ4n) is 2.09. The average Bonchev–Trinajstić information content (AvgIpc) is 2.77. The topological polar surface area (TPSA) is 24.9 Å². The van der Waals surface area contributed by atoms with Crippen LogP contribution in [0.2, 0.25) is 0 Å². The first-order valence-corrected chi connectivity index (χ1v) is 5.58. The highest BCUT2D eigenvalue weighted by Gasteiger charge is 2.10. The van der Waals surface area contributed by atoms with Crippen molar-refractivity contribution in [3.05, 3.63) is 53.2 Å². The van der Waals surface area contributed by atoms with Gasteiger partial charge in [0.2, 0.25) is 0 Å². The SMILES string of the molecule is Cc1ccc(-c2ccc3c(c2)CNC3)nc1. The Kier molecular flexibility index (Phi) is 2.22. The maximum absolute atomic E-state index is 4.45. The van der Waals surface area contributed by atoms with E-state index in [1.54, 1.807) is 0 Å². The zero-order valence-electron chi connectivity index (χ0n) is 9.33. The van der Waals surface area contributed by atoms with Crippen molar-refractivity contribution in [1.82, 2.24) is 10.3 Å².